The Labute approximate surface area is 112 Å². The van der Waals surface area contributed by atoms with Gasteiger partial charge in [-0.25, -0.2) is 9.48 Å². The van der Waals surface area contributed by atoms with Gasteiger partial charge in [-0.05, 0) is 19.1 Å². The average Bonchev–Trinajstić information content (AvgIpc) is 2.96. The zero-order valence-corrected chi connectivity index (χ0v) is 11.0. The molecule has 0 bridgehead atoms. The van der Waals surface area contributed by atoms with Gasteiger partial charge >= 0.3 is 5.97 Å². The predicted molar refractivity (Wildman–Crippen MR) is 67.9 cm³/mol. The zero-order chi connectivity index (χ0) is 13.8. The first-order valence-corrected chi connectivity index (χ1v) is 6.31. The number of carboxylic acid groups (broad SMARTS) is 1. The van der Waals surface area contributed by atoms with E-state index in [1.54, 1.807) is 11.3 Å². The topological polar surface area (TPSA) is 97.1 Å². The lowest BCUT2D eigenvalue weighted by molar-refractivity contribution is -0.122. The fraction of sp³-hybridized carbons (Fsp3) is 0.273. The van der Waals surface area contributed by atoms with E-state index in [1.165, 1.54) is 15.8 Å². The highest BCUT2D eigenvalue weighted by Crippen LogP contribution is 2.14. The molecular formula is C11H12N4O3S. The van der Waals surface area contributed by atoms with Crippen LogP contribution in [-0.4, -0.2) is 32.0 Å². The second-order valence-electron chi connectivity index (χ2n) is 3.90. The summed E-state index contributed by atoms with van der Waals surface area (Å²) >= 11 is 1.62. The summed E-state index contributed by atoms with van der Waals surface area (Å²) in [4.78, 5) is 24.5. The van der Waals surface area contributed by atoms with Crippen LogP contribution >= 0.6 is 11.3 Å². The number of amides is 1. The maximum Gasteiger partial charge on any atom is 0.358 e. The van der Waals surface area contributed by atoms with Crippen LogP contribution in [0.15, 0.2) is 18.3 Å². The third-order valence-electron chi connectivity index (χ3n) is 2.32. The first kappa shape index (κ1) is 13.2. The van der Waals surface area contributed by atoms with Crippen molar-refractivity contribution in [3.05, 3.63) is 33.8 Å². The van der Waals surface area contributed by atoms with Crippen molar-refractivity contribution in [1.82, 2.24) is 20.3 Å². The Balaban J connectivity index is 1.85. The summed E-state index contributed by atoms with van der Waals surface area (Å²) in [5.41, 5.74) is -0.179. The number of thiophene rings is 1. The first-order valence-electron chi connectivity index (χ1n) is 5.50. The second-order valence-corrected chi connectivity index (χ2v) is 5.27. The molecule has 2 aromatic rings. The number of aryl methyl sites for hydroxylation is 1. The molecule has 1 amide bonds. The van der Waals surface area contributed by atoms with Gasteiger partial charge in [0.05, 0.1) is 12.7 Å². The van der Waals surface area contributed by atoms with E-state index in [0.717, 1.165) is 4.88 Å². The van der Waals surface area contributed by atoms with Gasteiger partial charge in [-0.15, -0.1) is 16.4 Å². The molecule has 2 aromatic heterocycles. The van der Waals surface area contributed by atoms with Crippen LogP contribution in [0.5, 0.6) is 0 Å². The molecule has 100 valence electrons. The van der Waals surface area contributed by atoms with Gasteiger partial charge < -0.3 is 10.4 Å². The highest BCUT2D eigenvalue weighted by molar-refractivity contribution is 7.11. The van der Waals surface area contributed by atoms with Crippen molar-refractivity contribution >= 4 is 23.2 Å². The quantitative estimate of drug-likeness (QED) is 0.838. The molecule has 0 radical (unpaired) electrons. The Morgan fingerprint density at radius 1 is 1.47 bits per heavy atom. The Kier molecular flexibility index (Phi) is 3.91. The zero-order valence-electron chi connectivity index (χ0n) is 10.2. The van der Waals surface area contributed by atoms with Crippen molar-refractivity contribution in [3.63, 3.8) is 0 Å². The molecule has 0 fully saturated rings. The van der Waals surface area contributed by atoms with E-state index in [-0.39, 0.29) is 18.1 Å². The minimum Gasteiger partial charge on any atom is -0.476 e. The van der Waals surface area contributed by atoms with Gasteiger partial charge in [0.25, 0.3) is 0 Å². The van der Waals surface area contributed by atoms with Crippen LogP contribution in [0.4, 0.5) is 0 Å². The fourth-order valence-electron chi connectivity index (χ4n) is 1.44. The highest BCUT2D eigenvalue weighted by atomic mass is 32.1. The number of carboxylic acids is 1. The average molecular weight is 280 g/mol. The molecule has 19 heavy (non-hydrogen) atoms. The van der Waals surface area contributed by atoms with Crippen molar-refractivity contribution in [2.24, 2.45) is 0 Å². The van der Waals surface area contributed by atoms with Crippen LogP contribution in [0.1, 0.15) is 20.2 Å². The van der Waals surface area contributed by atoms with Crippen LogP contribution < -0.4 is 5.32 Å². The number of hydrogen-bond donors (Lipinski definition) is 2. The molecular weight excluding hydrogens is 268 g/mol. The molecule has 2 rings (SSSR count). The second kappa shape index (κ2) is 5.61. The van der Waals surface area contributed by atoms with Crippen LogP contribution in [-0.2, 0) is 17.9 Å². The van der Waals surface area contributed by atoms with Crippen molar-refractivity contribution in [1.29, 1.82) is 0 Å². The number of nitrogens with zero attached hydrogens (tertiary/aromatic N) is 3. The summed E-state index contributed by atoms with van der Waals surface area (Å²) in [6.45, 7) is 2.40. The maximum atomic E-state index is 11.6. The van der Waals surface area contributed by atoms with E-state index in [4.69, 9.17) is 5.11 Å². The largest absolute Gasteiger partial charge is 0.476 e. The molecule has 0 spiro atoms. The summed E-state index contributed by atoms with van der Waals surface area (Å²) in [6.07, 6.45) is 1.22. The molecule has 0 aliphatic heterocycles. The van der Waals surface area contributed by atoms with Crippen molar-refractivity contribution in [3.8, 4) is 0 Å². The van der Waals surface area contributed by atoms with Crippen LogP contribution in [0.25, 0.3) is 0 Å². The normalized spacial score (nSPS) is 10.4. The lowest BCUT2D eigenvalue weighted by Crippen LogP contribution is -2.27. The van der Waals surface area contributed by atoms with Gasteiger partial charge in [-0.1, -0.05) is 5.21 Å². The molecule has 0 saturated carbocycles. The van der Waals surface area contributed by atoms with E-state index in [1.807, 2.05) is 19.1 Å². The summed E-state index contributed by atoms with van der Waals surface area (Å²) in [5, 5.41) is 18.4. The Hall–Kier alpha value is -2.22. The highest BCUT2D eigenvalue weighted by Gasteiger charge is 2.10. The minimum atomic E-state index is -1.17. The van der Waals surface area contributed by atoms with Crippen molar-refractivity contribution < 1.29 is 14.7 Å². The van der Waals surface area contributed by atoms with E-state index >= 15 is 0 Å². The van der Waals surface area contributed by atoms with Crippen LogP contribution in [0.2, 0.25) is 0 Å². The monoisotopic (exact) mass is 280 g/mol. The number of aromatic carboxylic acids is 1. The standard InChI is InChI=1S/C11H12N4O3S/c1-7-2-3-8(19-7)4-12-10(16)6-15-5-9(11(17)18)13-14-15/h2-3,5H,4,6H2,1H3,(H,12,16)(H,17,18). The van der Waals surface area contributed by atoms with Gasteiger partial charge in [0.2, 0.25) is 5.91 Å². The first-order chi connectivity index (χ1) is 9.04. The van der Waals surface area contributed by atoms with E-state index in [0.29, 0.717) is 6.54 Å². The molecule has 0 atom stereocenters. The number of aromatic nitrogens is 3. The third kappa shape index (κ3) is 3.62. The molecule has 0 unspecified atom stereocenters. The molecule has 0 aliphatic rings. The van der Waals surface area contributed by atoms with Gasteiger partial charge in [0, 0.05) is 9.75 Å². The molecule has 2 N–H and O–H groups in total. The lowest BCUT2D eigenvalue weighted by atomic mass is 10.4. The summed E-state index contributed by atoms with van der Waals surface area (Å²) < 4.78 is 1.19. The molecule has 0 aromatic carbocycles. The SMILES string of the molecule is Cc1ccc(CNC(=O)Cn2cc(C(=O)O)nn2)s1. The van der Waals surface area contributed by atoms with Crippen LogP contribution in [0, 0.1) is 6.92 Å². The number of nitrogens with one attached hydrogen (secondary N) is 1. The Bertz CT molecular complexity index is 605. The number of rotatable bonds is 5. The van der Waals surface area contributed by atoms with E-state index in [2.05, 4.69) is 15.6 Å². The maximum absolute atomic E-state index is 11.6. The molecule has 0 saturated heterocycles. The third-order valence-corrected chi connectivity index (χ3v) is 3.32. The molecule has 8 heteroatoms. The Morgan fingerprint density at radius 2 is 2.26 bits per heavy atom. The number of carbonyl (C=O) groups is 2. The van der Waals surface area contributed by atoms with E-state index in [9.17, 15) is 9.59 Å². The van der Waals surface area contributed by atoms with Gasteiger partial charge in [0.15, 0.2) is 5.69 Å². The Morgan fingerprint density at radius 3 is 2.84 bits per heavy atom. The lowest BCUT2D eigenvalue weighted by Gasteiger charge is -2.02. The number of carbonyl (C=O) groups excluding carboxylic acids is 1. The number of hydrogen-bond acceptors (Lipinski definition) is 5. The summed E-state index contributed by atoms with van der Waals surface area (Å²) in [7, 11) is 0. The smallest absolute Gasteiger partial charge is 0.358 e. The molecule has 2 heterocycles. The summed E-state index contributed by atoms with van der Waals surface area (Å²) in [5.74, 6) is -1.41. The van der Waals surface area contributed by atoms with Gasteiger partial charge in [-0.3, -0.25) is 4.79 Å². The van der Waals surface area contributed by atoms with Crippen molar-refractivity contribution in [2.75, 3.05) is 0 Å². The fourth-order valence-corrected chi connectivity index (χ4v) is 2.27. The van der Waals surface area contributed by atoms with E-state index < -0.39 is 5.97 Å². The summed E-state index contributed by atoms with van der Waals surface area (Å²) in [6, 6.07) is 3.95. The van der Waals surface area contributed by atoms with Crippen LogP contribution in [0.3, 0.4) is 0 Å². The van der Waals surface area contributed by atoms with Gasteiger partial charge in [0.1, 0.15) is 6.54 Å². The van der Waals surface area contributed by atoms with Gasteiger partial charge in [-0.2, -0.15) is 0 Å². The minimum absolute atomic E-state index is 0.0510. The molecule has 7 nitrogen and oxygen atoms in total. The van der Waals surface area contributed by atoms with Crippen molar-refractivity contribution in [2.45, 2.75) is 20.0 Å². The predicted octanol–water partition coefficient (Wildman–Crippen LogP) is 0.663. The molecule has 0 aliphatic carbocycles.